The van der Waals surface area contributed by atoms with Crippen LogP contribution in [0.25, 0.3) is 0 Å². The maximum Gasteiger partial charge on any atom is 0.179 e. The number of carbonyl (C=O) groups is 1. The molecule has 3 nitrogen and oxygen atoms in total. The SMILES string of the molecule is COCCC1(Cn2c(C)cc(C(=O)CCl)c2C)CC1. The zero-order chi connectivity index (χ0) is 14.0. The fraction of sp³-hybridized carbons (Fsp3) is 0.667. The summed E-state index contributed by atoms with van der Waals surface area (Å²) in [6.45, 7) is 5.88. The summed E-state index contributed by atoms with van der Waals surface area (Å²) in [5, 5.41) is 0. The molecule has 0 N–H and O–H groups in total. The van der Waals surface area contributed by atoms with Crippen LogP contribution in [0, 0.1) is 19.3 Å². The van der Waals surface area contributed by atoms with Crippen molar-refractivity contribution in [2.24, 2.45) is 5.41 Å². The van der Waals surface area contributed by atoms with E-state index in [4.69, 9.17) is 16.3 Å². The topological polar surface area (TPSA) is 31.2 Å². The van der Waals surface area contributed by atoms with Gasteiger partial charge in [-0.2, -0.15) is 0 Å². The van der Waals surface area contributed by atoms with Crippen molar-refractivity contribution in [3.63, 3.8) is 0 Å². The number of alkyl halides is 1. The van der Waals surface area contributed by atoms with E-state index in [0.29, 0.717) is 5.41 Å². The first-order chi connectivity index (χ1) is 9.03. The van der Waals surface area contributed by atoms with E-state index in [2.05, 4.69) is 11.5 Å². The Morgan fingerprint density at radius 2 is 2.16 bits per heavy atom. The molecule has 0 amide bonds. The van der Waals surface area contributed by atoms with Gasteiger partial charge in [0.2, 0.25) is 0 Å². The van der Waals surface area contributed by atoms with E-state index in [-0.39, 0.29) is 11.7 Å². The molecule has 19 heavy (non-hydrogen) atoms. The number of carbonyl (C=O) groups excluding carboxylic acids is 1. The number of methoxy groups -OCH3 is 1. The van der Waals surface area contributed by atoms with E-state index in [1.54, 1.807) is 7.11 Å². The number of aromatic nitrogens is 1. The van der Waals surface area contributed by atoms with Crippen molar-refractivity contribution in [3.05, 3.63) is 23.0 Å². The minimum Gasteiger partial charge on any atom is -0.385 e. The molecule has 0 saturated heterocycles. The molecule has 0 aromatic carbocycles. The Bertz CT molecular complexity index is 475. The summed E-state index contributed by atoms with van der Waals surface area (Å²) in [6, 6.07) is 1.96. The van der Waals surface area contributed by atoms with Crippen molar-refractivity contribution in [1.82, 2.24) is 4.57 Å². The van der Waals surface area contributed by atoms with Crippen molar-refractivity contribution in [2.45, 2.75) is 39.7 Å². The number of nitrogens with zero attached hydrogens (tertiary/aromatic N) is 1. The summed E-state index contributed by atoms with van der Waals surface area (Å²) in [4.78, 5) is 11.8. The van der Waals surface area contributed by atoms with E-state index in [1.807, 2.05) is 13.0 Å². The summed E-state index contributed by atoms with van der Waals surface area (Å²) in [7, 11) is 1.75. The third-order valence-electron chi connectivity index (χ3n) is 4.28. The van der Waals surface area contributed by atoms with Crippen LogP contribution >= 0.6 is 11.6 Å². The Hall–Kier alpha value is -0.800. The molecular weight excluding hydrogens is 262 g/mol. The van der Waals surface area contributed by atoms with Crippen LogP contribution < -0.4 is 0 Å². The van der Waals surface area contributed by atoms with Gasteiger partial charge < -0.3 is 9.30 Å². The van der Waals surface area contributed by atoms with Crippen LogP contribution in [0.15, 0.2) is 6.07 Å². The van der Waals surface area contributed by atoms with Crippen LogP contribution in [0.3, 0.4) is 0 Å². The Balaban J connectivity index is 2.17. The maximum absolute atomic E-state index is 11.8. The van der Waals surface area contributed by atoms with E-state index in [0.717, 1.165) is 36.5 Å². The third-order valence-corrected chi connectivity index (χ3v) is 4.53. The van der Waals surface area contributed by atoms with Gasteiger partial charge in [-0.15, -0.1) is 11.6 Å². The van der Waals surface area contributed by atoms with Gasteiger partial charge in [0.05, 0.1) is 5.88 Å². The second-order valence-electron chi connectivity index (χ2n) is 5.67. The molecule has 1 aliphatic carbocycles. The van der Waals surface area contributed by atoms with Crippen LogP contribution in [0.2, 0.25) is 0 Å². The lowest BCUT2D eigenvalue weighted by molar-refractivity contribution is 0.102. The number of ether oxygens (including phenoxy) is 1. The van der Waals surface area contributed by atoms with Gasteiger partial charge >= 0.3 is 0 Å². The number of aryl methyl sites for hydroxylation is 1. The number of Topliss-reactive ketones (excluding diaryl/α,β-unsaturated/α-hetero) is 1. The molecular formula is C15H22ClNO2. The second-order valence-corrected chi connectivity index (χ2v) is 5.94. The van der Waals surface area contributed by atoms with Crippen molar-refractivity contribution >= 4 is 17.4 Å². The molecule has 1 aromatic rings. The van der Waals surface area contributed by atoms with E-state index >= 15 is 0 Å². The van der Waals surface area contributed by atoms with Gasteiger partial charge in [-0.3, -0.25) is 4.79 Å². The zero-order valence-electron chi connectivity index (χ0n) is 12.0. The summed E-state index contributed by atoms with van der Waals surface area (Å²) in [5.74, 6) is 0.0711. The van der Waals surface area contributed by atoms with E-state index < -0.39 is 0 Å². The Labute approximate surface area is 119 Å². The summed E-state index contributed by atoms with van der Waals surface area (Å²) >= 11 is 5.66. The van der Waals surface area contributed by atoms with Crippen LogP contribution in [0.1, 0.15) is 41.0 Å². The van der Waals surface area contributed by atoms with Gasteiger partial charge in [-0.05, 0) is 44.6 Å². The second kappa shape index (κ2) is 5.68. The predicted molar refractivity (Wildman–Crippen MR) is 77.1 cm³/mol. The average molecular weight is 284 g/mol. The highest BCUT2D eigenvalue weighted by molar-refractivity contribution is 6.30. The largest absolute Gasteiger partial charge is 0.385 e. The molecule has 1 aromatic heterocycles. The number of hydrogen-bond acceptors (Lipinski definition) is 2. The molecule has 4 heteroatoms. The number of ketones is 1. The Morgan fingerprint density at radius 1 is 1.47 bits per heavy atom. The van der Waals surface area contributed by atoms with Crippen molar-refractivity contribution < 1.29 is 9.53 Å². The van der Waals surface area contributed by atoms with Crippen LogP contribution in [-0.2, 0) is 11.3 Å². The van der Waals surface area contributed by atoms with Crippen molar-refractivity contribution in [2.75, 3.05) is 19.6 Å². The summed E-state index contributed by atoms with van der Waals surface area (Å²) in [5.41, 5.74) is 3.35. The zero-order valence-corrected chi connectivity index (χ0v) is 12.7. The normalized spacial score (nSPS) is 16.6. The van der Waals surface area contributed by atoms with E-state index in [9.17, 15) is 4.79 Å². The van der Waals surface area contributed by atoms with Gasteiger partial charge in [-0.25, -0.2) is 0 Å². The molecule has 0 spiro atoms. The smallest absolute Gasteiger partial charge is 0.179 e. The molecule has 1 fully saturated rings. The van der Waals surface area contributed by atoms with Gasteiger partial charge in [0, 0.05) is 37.2 Å². The molecule has 1 aliphatic rings. The first kappa shape index (κ1) is 14.6. The van der Waals surface area contributed by atoms with Crippen molar-refractivity contribution in [1.29, 1.82) is 0 Å². The number of rotatable bonds is 7. The fourth-order valence-electron chi connectivity index (χ4n) is 2.72. The molecule has 2 rings (SSSR count). The third kappa shape index (κ3) is 3.03. The summed E-state index contributed by atoms with van der Waals surface area (Å²) < 4.78 is 7.46. The molecule has 0 unspecified atom stereocenters. The lowest BCUT2D eigenvalue weighted by atomic mass is 10.0. The lowest BCUT2D eigenvalue weighted by Crippen LogP contribution is -2.16. The van der Waals surface area contributed by atoms with Crippen molar-refractivity contribution in [3.8, 4) is 0 Å². The quantitative estimate of drug-likeness (QED) is 0.568. The highest BCUT2D eigenvalue weighted by Crippen LogP contribution is 2.50. The fourth-order valence-corrected chi connectivity index (χ4v) is 2.86. The van der Waals surface area contributed by atoms with Gasteiger partial charge in [0.25, 0.3) is 0 Å². The maximum atomic E-state index is 11.8. The van der Waals surface area contributed by atoms with Gasteiger partial charge in [-0.1, -0.05) is 0 Å². The summed E-state index contributed by atoms with van der Waals surface area (Å²) in [6.07, 6.45) is 3.61. The predicted octanol–water partition coefficient (Wildman–Crippen LogP) is 3.34. The minimum absolute atomic E-state index is 0.0164. The first-order valence-electron chi connectivity index (χ1n) is 6.78. The minimum atomic E-state index is 0.0164. The van der Waals surface area contributed by atoms with Crippen LogP contribution in [-0.4, -0.2) is 29.9 Å². The average Bonchev–Trinajstić information content (AvgIpc) is 3.12. The molecule has 1 saturated carbocycles. The first-order valence-corrected chi connectivity index (χ1v) is 7.31. The molecule has 1 heterocycles. The highest BCUT2D eigenvalue weighted by Gasteiger charge is 2.42. The molecule has 0 atom stereocenters. The molecule has 106 valence electrons. The molecule has 0 radical (unpaired) electrons. The van der Waals surface area contributed by atoms with Gasteiger partial charge in [0.15, 0.2) is 5.78 Å². The number of halogens is 1. The molecule has 0 aliphatic heterocycles. The monoisotopic (exact) mass is 283 g/mol. The van der Waals surface area contributed by atoms with Crippen LogP contribution in [0.5, 0.6) is 0 Å². The van der Waals surface area contributed by atoms with Crippen LogP contribution in [0.4, 0.5) is 0 Å². The number of hydrogen-bond donors (Lipinski definition) is 0. The highest BCUT2D eigenvalue weighted by atomic mass is 35.5. The van der Waals surface area contributed by atoms with E-state index in [1.165, 1.54) is 12.8 Å². The Morgan fingerprint density at radius 3 is 2.68 bits per heavy atom. The molecule has 0 bridgehead atoms. The lowest BCUT2D eigenvalue weighted by Gasteiger charge is -2.18. The standard InChI is InChI=1S/C15H22ClNO2/c1-11-8-13(14(18)9-16)12(2)17(11)10-15(4-5-15)6-7-19-3/h8H,4-7,9-10H2,1-3H3. The Kier molecular flexibility index (Phi) is 4.36. The van der Waals surface area contributed by atoms with Gasteiger partial charge in [0.1, 0.15) is 0 Å².